The van der Waals surface area contributed by atoms with Gasteiger partial charge >= 0.3 is 68.9 Å². The van der Waals surface area contributed by atoms with Gasteiger partial charge in [0.05, 0.1) is 0 Å². The molecular formula is C2H6ClCsO. The van der Waals surface area contributed by atoms with Crippen LogP contribution in [0.5, 0.6) is 0 Å². The van der Waals surface area contributed by atoms with E-state index in [-0.39, 0.29) is 87.9 Å². The van der Waals surface area contributed by atoms with Gasteiger partial charge in [-0.05, 0) is 6.92 Å². The summed E-state index contributed by atoms with van der Waals surface area (Å²) in [4.78, 5) is 0. The van der Waals surface area contributed by atoms with Crippen LogP contribution in [0.3, 0.4) is 0 Å². The third-order valence-corrected chi connectivity index (χ3v) is 0. The van der Waals surface area contributed by atoms with E-state index >= 15 is 0 Å². The number of hydrogen-bond acceptors (Lipinski definition) is 1. The Bertz CT molecular complexity index is 9.61. The molecule has 0 radical (unpaired) electrons. The Morgan fingerprint density at radius 2 is 1.60 bits per heavy atom. The second-order valence-electron chi connectivity index (χ2n) is 0.316. The fourth-order valence-electron chi connectivity index (χ4n) is 0. The van der Waals surface area contributed by atoms with Gasteiger partial charge in [-0.15, -0.1) is 0 Å². The SMILES string of the molecule is CCO.[Cl-].[Cs+]. The van der Waals surface area contributed by atoms with Crippen LogP contribution in [-0.4, -0.2) is 11.7 Å². The average Bonchev–Trinajstić information content (AvgIpc) is 0.918. The molecule has 0 aliphatic heterocycles. The molecule has 0 fully saturated rings. The van der Waals surface area contributed by atoms with Gasteiger partial charge in [0.1, 0.15) is 0 Å². The van der Waals surface area contributed by atoms with E-state index in [4.69, 9.17) is 5.11 Å². The van der Waals surface area contributed by atoms with Crippen LogP contribution in [0.4, 0.5) is 0 Å². The van der Waals surface area contributed by atoms with Gasteiger partial charge in [-0.3, -0.25) is 0 Å². The maximum atomic E-state index is 7.57. The predicted molar refractivity (Wildman–Crippen MR) is 12.8 cm³/mol. The zero-order valence-electron chi connectivity index (χ0n) is 3.53. The molecule has 0 saturated heterocycles. The van der Waals surface area contributed by atoms with E-state index in [1.165, 1.54) is 0 Å². The first kappa shape index (κ1) is 15.7. The number of aliphatic hydroxyl groups is 1. The van der Waals surface area contributed by atoms with Gasteiger partial charge in [0.2, 0.25) is 0 Å². The van der Waals surface area contributed by atoms with E-state index < -0.39 is 0 Å². The fourth-order valence-corrected chi connectivity index (χ4v) is 0. The van der Waals surface area contributed by atoms with Crippen LogP contribution in [0.1, 0.15) is 6.92 Å². The molecule has 0 unspecified atom stereocenters. The summed E-state index contributed by atoms with van der Waals surface area (Å²) in [5, 5.41) is 7.57. The Hall–Kier alpha value is 2.30. The first-order valence-corrected chi connectivity index (χ1v) is 1.02. The van der Waals surface area contributed by atoms with Crippen molar-refractivity contribution in [1.82, 2.24) is 0 Å². The summed E-state index contributed by atoms with van der Waals surface area (Å²) < 4.78 is 0. The molecular weight excluding hydrogens is 208 g/mol. The van der Waals surface area contributed by atoms with Crippen LogP contribution < -0.4 is 81.3 Å². The molecule has 0 aliphatic carbocycles. The molecule has 0 bridgehead atoms. The number of aliphatic hydroxyl groups excluding tert-OH is 1. The summed E-state index contributed by atoms with van der Waals surface area (Å²) in [7, 11) is 0. The topological polar surface area (TPSA) is 20.2 Å². The first-order chi connectivity index (χ1) is 1.41. The Morgan fingerprint density at radius 1 is 1.60 bits per heavy atom. The minimum Gasteiger partial charge on any atom is -1.00 e. The molecule has 0 atom stereocenters. The molecule has 0 aromatic heterocycles. The van der Waals surface area contributed by atoms with E-state index in [0.29, 0.717) is 0 Å². The minimum atomic E-state index is 0. The monoisotopic (exact) mass is 214 g/mol. The summed E-state index contributed by atoms with van der Waals surface area (Å²) >= 11 is 0. The van der Waals surface area contributed by atoms with Crippen molar-refractivity contribution >= 4 is 0 Å². The maximum Gasteiger partial charge on any atom is 1.00 e. The quantitative estimate of drug-likeness (QED) is 0.426. The van der Waals surface area contributed by atoms with Crippen molar-refractivity contribution < 1.29 is 86.4 Å². The van der Waals surface area contributed by atoms with Gasteiger partial charge in [0.15, 0.2) is 0 Å². The number of hydrogen-bond donors (Lipinski definition) is 1. The van der Waals surface area contributed by atoms with E-state index in [1.807, 2.05) is 0 Å². The summed E-state index contributed by atoms with van der Waals surface area (Å²) in [5.41, 5.74) is 0. The molecule has 3 heteroatoms. The third-order valence-electron chi connectivity index (χ3n) is 0. The zero-order chi connectivity index (χ0) is 2.71. The Morgan fingerprint density at radius 3 is 1.60 bits per heavy atom. The van der Waals surface area contributed by atoms with Gasteiger partial charge < -0.3 is 17.5 Å². The third kappa shape index (κ3) is 22.0. The van der Waals surface area contributed by atoms with Crippen LogP contribution >= 0.6 is 0 Å². The molecule has 0 spiro atoms. The summed E-state index contributed by atoms with van der Waals surface area (Å²) in [5.74, 6) is 0. The van der Waals surface area contributed by atoms with E-state index in [2.05, 4.69) is 0 Å². The normalized spacial score (nSPS) is 3.60. The largest absolute Gasteiger partial charge is 1.00 e. The smallest absolute Gasteiger partial charge is 1.00 e. The maximum absolute atomic E-state index is 7.57. The van der Waals surface area contributed by atoms with E-state index in [1.54, 1.807) is 6.92 Å². The van der Waals surface area contributed by atoms with Crippen molar-refractivity contribution in [2.24, 2.45) is 0 Å². The Labute approximate surface area is 97.4 Å². The molecule has 0 rings (SSSR count). The molecule has 0 saturated carbocycles. The minimum absolute atomic E-state index is 0. The van der Waals surface area contributed by atoms with Crippen LogP contribution in [0.25, 0.3) is 0 Å². The first-order valence-electron chi connectivity index (χ1n) is 1.02. The molecule has 0 heterocycles. The van der Waals surface area contributed by atoms with Gasteiger partial charge in [-0.2, -0.15) is 0 Å². The molecule has 5 heavy (non-hydrogen) atoms. The number of rotatable bonds is 0. The van der Waals surface area contributed by atoms with Crippen molar-refractivity contribution in [3.63, 3.8) is 0 Å². The van der Waals surface area contributed by atoms with Crippen LogP contribution in [0, 0.1) is 0 Å². The van der Waals surface area contributed by atoms with Crippen molar-refractivity contribution in [2.45, 2.75) is 6.92 Å². The number of halogens is 1. The van der Waals surface area contributed by atoms with Crippen LogP contribution in [0.2, 0.25) is 0 Å². The molecule has 1 nitrogen and oxygen atoms in total. The van der Waals surface area contributed by atoms with Gasteiger partial charge in [-0.1, -0.05) is 0 Å². The second-order valence-corrected chi connectivity index (χ2v) is 0.316. The molecule has 1 N–H and O–H groups in total. The van der Waals surface area contributed by atoms with Gasteiger partial charge in [0.25, 0.3) is 0 Å². The molecule has 0 aromatic carbocycles. The van der Waals surface area contributed by atoms with Crippen molar-refractivity contribution in [3.05, 3.63) is 0 Å². The molecule has 0 amide bonds. The van der Waals surface area contributed by atoms with E-state index in [0.717, 1.165) is 0 Å². The standard InChI is InChI=1S/C2H6O.ClH.Cs/c1-2-3;;/h3H,2H2,1H3;1H;/q;;+1/p-1. The fraction of sp³-hybridized carbons (Fsp3) is 1.00. The van der Waals surface area contributed by atoms with Crippen molar-refractivity contribution in [3.8, 4) is 0 Å². The van der Waals surface area contributed by atoms with Gasteiger partial charge in [0, 0.05) is 6.61 Å². The van der Waals surface area contributed by atoms with Crippen molar-refractivity contribution in [1.29, 1.82) is 0 Å². The Kier molecular flexibility index (Phi) is 50.9. The summed E-state index contributed by atoms with van der Waals surface area (Å²) in [6.07, 6.45) is 0. The average molecular weight is 214 g/mol. The van der Waals surface area contributed by atoms with Crippen LogP contribution in [0.15, 0.2) is 0 Å². The zero-order valence-corrected chi connectivity index (χ0v) is 10.6. The Balaban J connectivity index is -0.0000000200. The molecule has 0 aromatic rings. The second kappa shape index (κ2) is 16.2. The molecule has 28 valence electrons. The summed E-state index contributed by atoms with van der Waals surface area (Å²) in [6.45, 7) is 1.93. The van der Waals surface area contributed by atoms with Gasteiger partial charge in [-0.25, -0.2) is 0 Å². The molecule has 0 aliphatic rings. The summed E-state index contributed by atoms with van der Waals surface area (Å²) in [6, 6.07) is 0. The van der Waals surface area contributed by atoms with Crippen molar-refractivity contribution in [2.75, 3.05) is 6.61 Å². The van der Waals surface area contributed by atoms with E-state index in [9.17, 15) is 0 Å². The van der Waals surface area contributed by atoms with Crippen LogP contribution in [-0.2, 0) is 0 Å². The predicted octanol–water partition coefficient (Wildman–Crippen LogP) is -5.99.